The van der Waals surface area contributed by atoms with Crippen molar-refractivity contribution in [2.75, 3.05) is 13.1 Å². The Morgan fingerprint density at radius 3 is 2.44 bits per heavy atom. The summed E-state index contributed by atoms with van der Waals surface area (Å²) in [7, 11) is 0. The fourth-order valence-corrected chi connectivity index (χ4v) is 2.72. The summed E-state index contributed by atoms with van der Waals surface area (Å²) < 4.78 is 0. The number of rotatable bonds is 9. The average molecular weight is 226 g/mol. The molecule has 96 valence electrons. The van der Waals surface area contributed by atoms with Crippen molar-refractivity contribution in [2.45, 2.75) is 52.4 Å². The molecule has 16 heavy (non-hydrogen) atoms. The van der Waals surface area contributed by atoms with Crippen molar-refractivity contribution in [1.29, 1.82) is 0 Å². The van der Waals surface area contributed by atoms with E-state index in [4.69, 9.17) is 11.5 Å². The van der Waals surface area contributed by atoms with Gasteiger partial charge >= 0.3 is 0 Å². The van der Waals surface area contributed by atoms with Gasteiger partial charge in [0.15, 0.2) is 0 Å². The van der Waals surface area contributed by atoms with Crippen LogP contribution in [0.3, 0.4) is 0 Å². The topological polar surface area (TPSA) is 52.0 Å². The molecule has 0 saturated heterocycles. The normalized spacial score (nSPS) is 27.8. The molecular formula is C14H30N2. The highest BCUT2D eigenvalue weighted by atomic mass is 14.6. The first-order chi connectivity index (χ1) is 7.71. The molecule has 1 fully saturated rings. The van der Waals surface area contributed by atoms with Gasteiger partial charge in [-0.25, -0.2) is 0 Å². The predicted octanol–water partition coefficient (Wildman–Crippen LogP) is 2.76. The lowest BCUT2D eigenvalue weighted by molar-refractivity contribution is 0.374. The summed E-state index contributed by atoms with van der Waals surface area (Å²) in [6.07, 6.45) is 8.16. The summed E-state index contributed by atoms with van der Waals surface area (Å²) in [6.45, 7) is 6.22. The predicted molar refractivity (Wildman–Crippen MR) is 71.1 cm³/mol. The summed E-state index contributed by atoms with van der Waals surface area (Å²) in [5.41, 5.74) is 11.5. The third-order valence-corrected chi connectivity index (χ3v) is 4.17. The lowest BCUT2D eigenvalue weighted by Gasteiger charge is -2.16. The molecular weight excluding hydrogens is 196 g/mol. The van der Waals surface area contributed by atoms with Gasteiger partial charge in [-0.1, -0.05) is 26.7 Å². The van der Waals surface area contributed by atoms with Crippen LogP contribution in [-0.2, 0) is 0 Å². The van der Waals surface area contributed by atoms with E-state index in [1.807, 2.05) is 0 Å². The van der Waals surface area contributed by atoms with Gasteiger partial charge in [0.05, 0.1) is 0 Å². The van der Waals surface area contributed by atoms with Crippen molar-refractivity contribution < 1.29 is 0 Å². The maximum atomic E-state index is 5.86. The van der Waals surface area contributed by atoms with E-state index in [0.717, 1.165) is 30.8 Å². The third-order valence-electron chi connectivity index (χ3n) is 4.17. The molecule has 1 aliphatic carbocycles. The molecule has 2 heteroatoms. The fraction of sp³-hybridized carbons (Fsp3) is 1.00. The zero-order valence-electron chi connectivity index (χ0n) is 11.1. The van der Waals surface area contributed by atoms with Gasteiger partial charge in [0.2, 0.25) is 0 Å². The molecule has 0 spiro atoms. The van der Waals surface area contributed by atoms with Gasteiger partial charge in [-0.05, 0) is 62.4 Å². The molecule has 0 amide bonds. The minimum atomic E-state index is 0.666. The van der Waals surface area contributed by atoms with Crippen molar-refractivity contribution in [3.63, 3.8) is 0 Å². The molecule has 0 aromatic heterocycles. The van der Waals surface area contributed by atoms with Crippen LogP contribution in [-0.4, -0.2) is 13.1 Å². The van der Waals surface area contributed by atoms with Crippen molar-refractivity contribution >= 4 is 0 Å². The minimum Gasteiger partial charge on any atom is -0.330 e. The zero-order chi connectivity index (χ0) is 12.0. The monoisotopic (exact) mass is 226 g/mol. The van der Waals surface area contributed by atoms with Crippen molar-refractivity contribution in [3.8, 4) is 0 Å². The Bertz CT molecular complexity index is 182. The Balaban J connectivity index is 2.13. The number of hydrogen-bond acceptors (Lipinski definition) is 2. The molecule has 0 radical (unpaired) electrons. The molecule has 4 N–H and O–H groups in total. The Morgan fingerprint density at radius 1 is 1.12 bits per heavy atom. The molecule has 0 heterocycles. The van der Waals surface area contributed by atoms with Gasteiger partial charge in [0.1, 0.15) is 0 Å². The van der Waals surface area contributed by atoms with Gasteiger partial charge in [0.25, 0.3) is 0 Å². The zero-order valence-corrected chi connectivity index (χ0v) is 11.1. The van der Waals surface area contributed by atoms with Gasteiger partial charge in [-0.3, -0.25) is 0 Å². The van der Waals surface area contributed by atoms with E-state index in [2.05, 4.69) is 13.8 Å². The Hall–Kier alpha value is -0.0800. The molecule has 0 aliphatic heterocycles. The molecule has 0 bridgehead atoms. The summed E-state index contributed by atoms with van der Waals surface area (Å²) in [5, 5.41) is 0. The highest BCUT2D eigenvalue weighted by Gasteiger charge is 2.36. The summed E-state index contributed by atoms with van der Waals surface area (Å²) >= 11 is 0. The first-order valence-corrected chi connectivity index (χ1v) is 7.11. The van der Waals surface area contributed by atoms with E-state index in [1.165, 1.54) is 38.5 Å². The van der Waals surface area contributed by atoms with Crippen LogP contribution in [0.15, 0.2) is 0 Å². The van der Waals surface area contributed by atoms with E-state index in [-0.39, 0.29) is 0 Å². The lowest BCUT2D eigenvalue weighted by Crippen LogP contribution is -2.18. The van der Waals surface area contributed by atoms with Crippen molar-refractivity contribution in [3.05, 3.63) is 0 Å². The van der Waals surface area contributed by atoms with Crippen LogP contribution in [0.5, 0.6) is 0 Å². The minimum absolute atomic E-state index is 0.666. The molecule has 3 unspecified atom stereocenters. The highest BCUT2D eigenvalue weighted by Crippen LogP contribution is 2.46. The Labute approximate surface area is 101 Å². The molecule has 1 rings (SSSR count). The maximum absolute atomic E-state index is 5.86. The first-order valence-electron chi connectivity index (χ1n) is 7.11. The third kappa shape index (κ3) is 4.84. The molecule has 4 atom stereocenters. The van der Waals surface area contributed by atoms with Crippen molar-refractivity contribution in [2.24, 2.45) is 35.1 Å². The van der Waals surface area contributed by atoms with Crippen molar-refractivity contribution in [1.82, 2.24) is 0 Å². The van der Waals surface area contributed by atoms with Crippen LogP contribution in [0.2, 0.25) is 0 Å². The van der Waals surface area contributed by atoms with E-state index < -0.39 is 0 Å². The quantitative estimate of drug-likeness (QED) is 0.635. The van der Waals surface area contributed by atoms with Crippen LogP contribution in [0.1, 0.15) is 52.4 Å². The molecule has 0 aromatic rings. The summed E-state index contributed by atoms with van der Waals surface area (Å²) in [4.78, 5) is 0. The second kappa shape index (κ2) is 7.29. The number of hydrogen-bond donors (Lipinski definition) is 2. The van der Waals surface area contributed by atoms with Gasteiger partial charge in [-0.15, -0.1) is 0 Å². The fourth-order valence-electron chi connectivity index (χ4n) is 2.72. The molecule has 1 saturated carbocycles. The maximum Gasteiger partial charge on any atom is -0.00488 e. The van der Waals surface area contributed by atoms with Gasteiger partial charge in [0, 0.05) is 0 Å². The number of nitrogens with two attached hydrogens (primary N) is 2. The molecule has 0 aromatic carbocycles. The van der Waals surface area contributed by atoms with Crippen LogP contribution >= 0.6 is 0 Å². The Morgan fingerprint density at radius 2 is 1.88 bits per heavy atom. The molecule has 2 nitrogen and oxygen atoms in total. The standard InChI is InChI=1S/C14H30N2/c1-3-4-13-8-14(13)7-12(10-16)6-5-11(2)9-15/h11-14H,3-10,15-16H2,1-2H3/t11?,12?,13?,14-/m0/s1. The van der Waals surface area contributed by atoms with E-state index in [1.54, 1.807) is 0 Å². The van der Waals surface area contributed by atoms with Gasteiger partial charge in [-0.2, -0.15) is 0 Å². The smallest absolute Gasteiger partial charge is 0.00488 e. The first kappa shape index (κ1) is 14.0. The largest absolute Gasteiger partial charge is 0.330 e. The Kier molecular flexibility index (Phi) is 6.37. The second-order valence-corrected chi connectivity index (χ2v) is 5.80. The van der Waals surface area contributed by atoms with Gasteiger partial charge < -0.3 is 11.5 Å². The van der Waals surface area contributed by atoms with Crippen LogP contribution in [0.25, 0.3) is 0 Å². The molecule has 1 aliphatic rings. The SMILES string of the molecule is CCCC1C[C@@H]1CC(CN)CCC(C)CN. The van der Waals surface area contributed by atoms with E-state index in [0.29, 0.717) is 5.92 Å². The lowest BCUT2D eigenvalue weighted by atomic mass is 9.92. The summed E-state index contributed by atoms with van der Waals surface area (Å²) in [5.74, 6) is 3.45. The van der Waals surface area contributed by atoms with Crippen LogP contribution in [0.4, 0.5) is 0 Å². The highest BCUT2D eigenvalue weighted by molar-refractivity contribution is 4.87. The summed E-state index contributed by atoms with van der Waals surface area (Å²) in [6, 6.07) is 0. The van der Waals surface area contributed by atoms with Crippen LogP contribution in [0, 0.1) is 23.7 Å². The van der Waals surface area contributed by atoms with E-state index in [9.17, 15) is 0 Å². The van der Waals surface area contributed by atoms with Crippen LogP contribution < -0.4 is 11.5 Å². The van der Waals surface area contributed by atoms with E-state index >= 15 is 0 Å². The average Bonchev–Trinajstić information content (AvgIpc) is 3.02. The second-order valence-electron chi connectivity index (χ2n) is 5.80.